The summed E-state index contributed by atoms with van der Waals surface area (Å²) < 4.78 is 4.77. The van der Waals surface area contributed by atoms with Crippen LogP contribution in [0.25, 0.3) is 99.5 Å². The zero-order valence-electron chi connectivity index (χ0n) is 37.8. The Labute approximate surface area is 401 Å². The lowest BCUT2D eigenvalue weighted by Gasteiger charge is -2.26. The predicted octanol–water partition coefficient (Wildman–Crippen LogP) is 18.0. The molecule has 0 atom stereocenters. The Morgan fingerprint density at radius 1 is 0.232 bits per heavy atom. The zero-order valence-corrected chi connectivity index (χ0v) is 37.8. The minimum Gasteiger partial charge on any atom is -0.311 e. The van der Waals surface area contributed by atoms with Gasteiger partial charge in [0, 0.05) is 50.0 Å². The molecule has 0 saturated heterocycles. The number of para-hydroxylation sites is 4. The molecule has 0 radical (unpaired) electrons. The number of anilines is 3. The van der Waals surface area contributed by atoms with Crippen molar-refractivity contribution in [3.63, 3.8) is 0 Å². The third-order valence-corrected chi connectivity index (χ3v) is 13.7. The molecule has 13 rings (SSSR count). The molecule has 0 amide bonds. The van der Waals surface area contributed by atoms with Crippen LogP contribution in [0.3, 0.4) is 0 Å². The summed E-state index contributed by atoms with van der Waals surface area (Å²) in [6, 6.07) is 99.0. The number of rotatable bonds is 9. The quantitative estimate of drug-likeness (QED) is 0.141. The summed E-state index contributed by atoms with van der Waals surface area (Å²) in [6.07, 6.45) is 0. The molecule has 0 spiro atoms. The SMILES string of the molecule is c1ccc(-c2cccc(-c3ccc(N(c4ccc(-c5cccc6c5c5ccccc5n6-c5ccccc5)cc4)c4ccc(-c5cccc6c5c5ccccc5n6-c5ccccc5)cc4)cc3)c2)cc1. The van der Waals surface area contributed by atoms with Gasteiger partial charge in [0.25, 0.3) is 0 Å². The van der Waals surface area contributed by atoms with E-state index in [9.17, 15) is 0 Å². The summed E-state index contributed by atoms with van der Waals surface area (Å²) in [4.78, 5) is 2.38. The lowest BCUT2D eigenvalue weighted by atomic mass is 9.98. The Bertz CT molecular complexity index is 3760. The third kappa shape index (κ3) is 6.99. The number of benzene rings is 11. The molecule has 0 aliphatic heterocycles. The molecule has 0 N–H and O–H groups in total. The van der Waals surface area contributed by atoms with Crippen LogP contribution < -0.4 is 4.90 Å². The zero-order chi connectivity index (χ0) is 45.7. The van der Waals surface area contributed by atoms with E-state index >= 15 is 0 Å². The van der Waals surface area contributed by atoms with Crippen LogP contribution in [0, 0.1) is 0 Å². The van der Waals surface area contributed by atoms with Crippen LogP contribution in [0.4, 0.5) is 17.1 Å². The maximum Gasteiger partial charge on any atom is 0.0547 e. The van der Waals surface area contributed by atoms with Crippen LogP contribution in [-0.4, -0.2) is 9.13 Å². The van der Waals surface area contributed by atoms with Gasteiger partial charge in [-0.25, -0.2) is 0 Å². The summed E-state index contributed by atoms with van der Waals surface area (Å²) in [5.41, 5.74) is 19.9. The number of fused-ring (bicyclic) bond motifs is 6. The van der Waals surface area contributed by atoms with E-state index in [2.05, 4.69) is 287 Å². The molecule has 324 valence electrons. The fourth-order valence-electron chi connectivity index (χ4n) is 10.6. The van der Waals surface area contributed by atoms with E-state index in [1.54, 1.807) is 0 Å². The molecule has 2 heterocycles. The van der Waals surface area contributed by atoms with Crippen molar-refractivity contribution in [3.8, 4) is 55.9 Å². The van der Waals surface area contributed by atoms with Crippen molar-refractivity contribution in [3.05, 3.63) is 273 Å². The van der Waals surface area contributed by atoms with Gasteiger partial charge >= 0.3 is 0 Å². The third-order valence-electron chi connectivity index (χ3n) is 13.7. The van der Waals surface area contributed by atoms with Gasteiger partial charge in [0.2, 0.25) is 0 Å². The molecule has 0 fully saturated rings. The monoisotopic (exact) mass is 879 g/mol. The minimum absolute atomic E-state index is 1.08. The molecule has 69 heavy (non-hydrogen) atoms. The smallest absolute Gasteiger partial charge is 0.0547 e. The average Bonchev–Trinajstić information content (AvgIpc) is 3.96. The second kappa shape index (κ2) is 16.9. The van der Waals surface area contributed by atoms with E-state index in [-0.39, 0.29) is 0 Å². The summed E-state index contributed by atoms with van der Waals surface area (Å²) in [7, 11) is 0. The van der Waals surface area contributed by atoms with Crippen molar-refractivity contribution in [2.75, 3.05) is 4.90 Å². The number of hydrogen-bond acceptors (Lipinski definition) is 1. The van der Waals surface area contributed by atoms with E-state index in [4.69, 9.17) is 0 Å². The van der Waals surface area contributed by atoms with Crippen LogP contribution in [-0.2, 0) is 0 Å². The van der Waals surface area contributed by atoms with Gasteiger partial charge in [0.1, 0.15) is 0 Å². The van der Waals surface area contributed by atoms with Gasteiger partial charge in [-0.1, -0.05) is 182 Å². The van der Waals surface area contributed by atoms with Gasteiger partial charge in [0.15, 0.2) is 0 Å². The number of nitrogens with zero attached hydrogens (tertiary/aromatic N) is 3. The Morgan fingerprint density at radius 3 is 1.01 bits per heavy atom. The largest absolute Gasteiger partial charge is 0.311 e. The highest BCUT2D eigenvalue weighted by atomic mass is 15.1. The summed E-state index contributed by atoms with van der Waals surface area (Å²) >= 11 is 0. The fourth-order valence-corrected chi connectivity index (χ4v) is 10.6. The summed E-state index contributed by atoms with van der Waals surface area (Å²) in [5, 5.41) is 5.00. The predicted molar refractivity (Wildman–Crippen MR) is 292 cm³/mol. The maximum absolute atomic E-state index is 2.39. The van der Waals surface area contributed by atoms with Crippen molar-refractivity contribution in [1.82, 2.24) is 9.13 Å². The molecule has 0 aliphatic rings. The average molecular weight is 880 g/mol. The summed E-state index contributed by atoms with van der Waals surface area (Å²) in [5.74, 6) is 0. The molecule has 3 nitrogen and oxygen atoms in total. The van der Waals surface area contributed by atoms with Crippen LogP contribution in [0.15, 0.2) is 273 Å². The summed E-state index contributed by atoms with van der Waals surface area (Å²) in [6.45, 7) is 0. The molecular weight excluding hydrogens is 835 g/mol. The van der Waals surface area contributed by atoms with Crippen LogP contribution in [0.2, 0.25) is 0 Å². The first-order valence-electron chi connectivity index (χ1n) is 23.7. The van der Waals surface area contributed by atoms with Crippen molar-refractivity contribution in [2.24, 2.45) is 0 Å². The lowest BCUT2D eigenvalue weighted by molar-refractivity contribution is 1.18. The molecule has 0 bridgehead atoms. The minimum atomic E-state index is 1.08. The van der Waals surface area contributed by atoms with Gasteiger partial charge in [0.05, 0.1) is 22.1 Å². The van der Waals surface area contributed by atoms with Crippen molar-refractivity contribution in [2.45, 2.75) is 0 Å². The van der Waals surface area contributed by atoms with Gasteiger partial charge in [-0.2, -0.15) is 0 Å². The highest BCUT2D eigenvalue weighted by molar-refractivity contribution is 6.17. The Kier molecular flexibility index (Phi) is 9.84. The highest BCUT2D eigenvalue weighted by Gasteiger charge is 2.20. The number of aromatic nitrogens is 2. The molecule has 0 unspecified atom stereocenters. The van der Waals surface area contributed by atoms with Gasteiger partial charge in [-0.3, -0.25) is 0 Å². The van der Waals surface area contributed by atoms with Crippen molar-refractivity contribution < 1.29 is 0 Å². The first kappa shape index (κ1) is 40.1. The number of hydrogen-bond donors (Lipinski definition) is 0. The first-order valence-corrected chi connectivity index (χ1v) is 23.7. The van der Waals surface area contributed by atoms with E-state index in [1.807, 2.05) is 0 Å². The Hall–Kier alpha value is -9.18. The van der Waals surface area contributed by atoms with Crippen LogP contribution in [0.5, 0.6) is 0 Å². The highest BCUT2D eigenvalue weighted by Crippen LogP contribution is 2.43. The van der Waals surface area contributed by atoms with Gasteiger partial charge in [-0.15, -0.1) is 0 Å². The van der Waals surface area contributed by atoms with E-state index in [0.717, 1.165) is 28.4 Å². The molecule has 0 aliphatic carbocycles. The second-order valence-electron chi connectivity index (χ2n) is 17.7. The second-order valence-corrected chi connectivity index (χ2v) is 17.7. The molecule has 0 saturated carbocycles. The molecular formula is C66H45N3. The van der Waals surface area contributed by atoms with Gasteiger partial charge < -0.3 is 14.0 Å². The lowest BCUT2D eigenvalue weighted by Crippen LogP contribution is -2.09. The van der Waals surface area contributed by atoms with Crippen molar-refractivity contribution >= 4 is 60.7 Å². The topological polar surface area (TPSA) is 13.1 Å². The molecule has 11 aromatic carbocycles. The standard InChI is InChI=1S/C66H45N3/c1-4-17-46(18-5-1)50-19-14-20-51(45-50)47-33-39-54(40-34-47)67(55-41-35-48(36-42-55)57-27-15-31-63-65(57)59-25-10-12-29-61(59)68(63)52-21-6-2-7-22-52)56-43-37-49(38-44-56)58-28-16-32-64-66(58)60-26-11-13-30-62(60)69(64)53-23-8-3-9-24-53/h1-45H. The fraction of sp³-hybridized carbons (Fsp3) is 0. The van der Waals surface area contributed by atoms with E-state index in [0.29, 0.717) is 0 Å². The van der Waals surface area contributed by atoms with E-state index in [1.165, 1.54) is 88.1 Å². The first-order chi connectivity index (χ1) is 34.2. The van der Waals surface area contributed by atoms with Crippen molar-refractivity contribution in [1.29, 1.82) is 0 Å². The van der Waals surface area contributed by atoms with Gasteiger partial charge in [-0.05, 0) is 136 Å². The normalized spacial score (nSPS) is 11.5. The maximum atomic E-state index is 2.39. The van der Waals surface area contributed by atoms with E-state index < -0.39 is 0 Å². The Balaban J connectivity index is 0.917. The Morgan fingerprint density at radius 2 is 0.565 bits per heavy atom. The van der Waals surface area contributed by atoms with Crippen LogP contribution >= 0.6 is 0 Å². The van der Waals surface area contributed by atoms with Crippen LogP contribution in [0.1, 0.15) is 0 Å². The molecule has 13 aromatic rings. The molecule has 2 aromatic heterocycles. The molecule has 3 heteroatoms.